The van der Waals surface area contributed by atoms with Crippen LogP contribution in [0.3, 0.4) is 0 Å². The van der Waals surface area contributed by atoms with Crippen LogP contribution in [-0.2, 0) is 4.79 Å². The van der Waals surface area contributed by atoms with Crippen molar-refractivity contribution < 1.29 is 19.4 Å². The van der Waals surface area contributed by atoms with Gasteiger partial charge in [0, 0.05) is 12.0 Å². The molecule has 6 nitrogen and oxygen atoms in total. The molecule has 0 aliphatic rings. The first-order chi connectivity index (χ1) is 16.2. The van der Waals surface area contributed by atoms with E-state index in [1.807, 2.05) is 53.2 Å². The zero-order chi connectivity index (χ0) is 23.3. The summed E-state index contributed by atoms with van der Waals surface area (Å²) in [5.74, 6) is 0.138. The number of aromatic nitrogens is 2. The van der Waals surface area contributed by atoms with Crippen LogP contribution in [0, 0.1) is 0 Å². The molecule has 1 heterocycles. The van der Waals surface area contributed by atoms with Crippen molar-refractivity contribution in [1.29, 1.82) is 0 Å². The van der Waals surface area contributed by atoms with Gasteiger partial charge in [0.1, 0.15) is 5.75 Å². The molecule has 176 valence electrons. The second-order valence-electron chi connectivity index (χ2n) is 8.08. The smallest absolute Gasteiger partial charge is 0.303 e. The van der Waals surface area contributed by atoms with Crippen LogP contribution < -0.4 is 9.47 Å². The Morgan fingerprint density at radius 3 is 2.30 bits per heavy atom. The maximum absolute atomic E-state index is 10.6. The molecule has 0 aliphatic heterocycles. The minimum absolute atomic E-state index is 0.249. The zero-order valence-corrected chi connectivity index (χ0v) is 19.4. The highest BCUT2D eigenvalue weighted by Gasteiger charge is 2.15. The van der Waals surface area contributed by atoms with Crippen LogP contribution in [0.25, 0.3) is 16.9 Å². The van der Waals surface area contributed by atoms with Crippen LogP contribution in [0.5, 0.6) is 11.8 Å². The number of carboxylic acids is 1. The van der Waals surface area contributed by atoms with Gasteiger partial charge in [-0.3, -0.25) is 9.36 Å². The summed E-state index contributed by atoms with van der Waals surface area (Å²) in [4.78, 5) is 15.1. The molecule has 0 radical (unpaired) electrons. The highest BCUT2D eigenvalue weighted by Crippen LogP contribution is 2.29. The summed E-state index contributed by atoms with van der Waals surface area (Å²) >= 11 is 0. The average molecular weight is 451 g/mol. The van der Waals surface area contributed by atoms with Gasteiger partial charge in [-0.25, -0.2) is 4.98 Å². The summed E-state index contributed by atoms with van der Waals surface area (Å²) in [6.45, 7) is 3.45. The Kier molecular flexibility index (Phi) is 9.83. The predicted octanol–water partition coefficient (Wildman–Crippen LogP) is 6.52. The van der Waals surface area contributed by atoms with Gasteiger partial charge in [-0.1, -0.05) is 62.9 Å². The second-order valence-corrected chi connectivity index (χ2v) is 8.08. The Labute approximate surface area is 196 Å². The van der Waals surface area contributed by atoms with Crippen molar-refractivity contribution in [2.45, 2.75) is 58.3 Å². The molecule has 0 saturated carbocycles. The molecule has 6 heteroatoms. The van der Waals surface area contributed by atoms with E-state index in [0.29, 0.717) is 12.6 Å². The molecule has 0 aliphatic carbocycles. The number of carboxylic acid groups (broad SMARTS) is 1. The molecule has 3 rings (SSSR count). The number of nitrogens with zero attached hydrogens (tertiary/aromatic N) is 2. The maximum Gasteiger partial charge on any atom is 0.303 e. The van der Waals surface area contributed by atoms with Gasteiger partial charge in [0.25, 0.3) is 0 Å². The third-order valence-corrected chi connectivity index (χ3v) is 5.43. The largest absolute Gasteiger partial charge is 0.494 e. The van der Waals surface area contributed by atoms with Crippen LogP contribution in [0.2, 0.25) is 0 Å². The summed E-state index contributed by atoms with van der Waals surface area (Å²) < 4.78 is 13.9. The molecule has 1 aromatic heterocycles. The molecule has 1 N–H and O–H groups in total. The average Bonchev–Trinajstić information content (AvgIpc) is 3.25. The van der Waals surface area contributed by atoms with Gasteiger partial charge in [0.05, 0.1) is 30.8 Å². The fraction of sp³-hybridized carbons (Fsp3) is 0.407. The van der Waals surface area contributed by atoms with Gasteiger partial charge >= 0.3 is 12.0 Å². The fourth-order valence-corrected chi connectivity index (χ4v) is 3.60. The molecule has 0 atom stereocenters. The van der Waals surface area contributed by atoms with Crippen molar-refractivity contribution >= 4 is 5.97 Å². The molecule has 0 spiro atoms. The highest BCUT2D eigenvalue weighted by atomic mass is 16.5. The number of unbranched alkanes of at least 4 members (excludes halogenated alkanes) is 5. The molecule has 0 amide bonds. The summed E-state index contributed by atoms with van der Waals surface area (Å²) in [6.07, 6.45) is 8.85. The van der Waals surface area contributed by atoms with E-state index in [-0.39, 0.29) is 6.42 Å². The van der Waals surface area contributed by atoms with Crippen molar-refractivity contribution in [3.8, 4) is 28.7 Å². The quantitative estimate of drug-likeness (QED) is 0.267. The Balaban J connectivity index is 1.66. The number of carbonyl (C=O) groups is 1. The first-order valence-corrected chi connectivity index (χ1v) is 11.9. The summed E-state index contributed by atoms with van der Waals surface area (Å²) in [5, 5.41) is 8.71. The van der Waals surface area contributed by atoms with E-state index < -0.39 is 5.97 Å². The van der Waals surface area contributed by atoms with Crippen LogP contribution >= 0.6 is 0 Å². The molecule has 3 aromatic rings. The van der Waals surface area contributed by atoms with Crippen molar-refractivity contribution in [3.63, 3.8) is 0 Å². The minimum Gasteiger partial charge on any atom is -0.494 e. The Hall–Kier alpha value is -3.28. The third-order valence-electron chi connectivity index (χ3n) is 5.43. The lowest BCUT2D eigenvalue weighted by Gasteiger charge is -2.14. The van der Waals surface area contributed by atoms with Gasteiger partial charge in [-0.15, -0.1) is 0 Å². The van der Waals surface area contributed by atoms with Gasteiger partial charge in [-0.2, -0.15) is 0 Å². The molecule has 33 heavy (non-hydrogen) atoms. The molecule has 0 unspecified atom stereocenters. The number of hydrogen-bond donors (Lipinski definition) is 1. The van der Waals surface area contributed by atoms with Crippen LogP contribution in [0.15, 0.2) is 60.8 Å². The van der Waals surface area contributed by atoms with Crippen LogP contribution in [0.4, 0.5) is 0 Å². The minimum atomic E-state index is -0.722. The van der Waals surface area contributed by atoms with Gasteiger partial charge in [-0.05, 0) is 43.5 Å². The summed E-state index contributed by atoms with van der Waals surface area (Å²) in [6, 6.07) is 18.8. The Morgan fingerprint density at radius 1 is 0.879 bits per heavy atom. The van der Waals surface area contributed by atoms with E-state index in [4.69, 9.17) is 14.6 Å². The van der Waals surface area contributed by atoms with E-state index in [9.17, 15) is 4.79 Å². The van der Waals surface area contributed by atoms with Gasteiger partial charge in [0.2, 0.25) is 0 Å². The monoisotopic (exact) mass is 450 g/mol. The van der Waals surface area contributed by atoms with E-state index in [1.54, 1.807) is 0 Å². The van der Waals surface area contributed by atoms with E-state index >= 15 is 0 Å². The predicted molar refractivity (Wildman–Crippen MR) is 130 cm³/mol. The maximum atomic E-state index is 10.6. The highest BCUT2D eigenvalue weighted by molar-refractivity contribution is 5.66. The van der Waals surface area contributed by atoms with Crippen LogP contribution in [-0.4, -0.2) is 33.8 Å². The molecule has 2 aromatic carbocycles. The molecular weight excluding hydrogens is 416 g/mol. The SMILES string of the molecule is CCCCOc1ccc(-n2c(-c3ccccc3)cnc2OCCCCCCCC(=O)O)cc1. The zero-order valence-electron chi connectivity index (χ0n) is 19.4. The third kappa shape index (κ3) is 7.67. The van der Waals surface area contributed by atoms with Crippen molar-refractivity contribution in [3.05, 3.63) is 60.8 Å². The molecule has 0 bridgehead atoms. The van der Waals surface area contributed by atoms with E-state index in [2.05, 4.69) is 24.0 Å². The number of benzene rings is 2. The normalized spacial score (nSPS) is 10.8. The number of ether oxygens (including phenoxy) is 2. The molecule has 0 fully saturated rings. The van der Waals surface area contributed by atoms with E-state index in [0.717, 1.165) is 74.2 Å². The lowest BCUT2D eigenvalue weighted by Crippen LogP contribution is -2.05. The number of rotatable bonds is 15. The number of aliphatic carboxylic acids is 1. The van der Waals surface area contributed by atoms with Crippen LogP contribution in [0.1, 0.15) is 58.3 Å². The van der Waals surface area contributed by atoms with Gasteiger partial charge < -0.3 is 14.6 Å². The summed E-state index contributed by atoms with van der Waals surface area (Å²) in [5.41, 5.74) is 3.01. The van der Waals surface area contributed by atoms with E-state index in [1.165, 1.54) is 0 Å². The first-order valence-electron chi connectivity index (χ1n) is 11.9. The van der Waals surface area contributed by atoms with Gasteiger partial charge in [0.15, 0.2) is 0 Å². The summed E-state index contributed by atoms with van der Waals surface area (Å²) in [7, 11) is 0. The Morgan fingerprint density at radius 2 is 1.58 bits per heavy atom. The van der Waals surface area contributed by atoms with Crippen molar-refractivity contribution in [2.75, 3.05) is 13.2 Å². The fourth-order valence-electron chi connectivity index (χ4n) is 3.60. The lowest BCUT2D eigenvalue weighted by molar-refractivity contribution is -0.137. The Bertz CT molecular complexity index is 968. The first kappa shape index (κ1) is 24.4. The standard InChI is InChI=1S/C27H34N2O4/c1-2-3-19-32-24-17-15-23(16-18-24)29-25(22-12-8-7-9-13-22)21-28-27(29)33-20-11-6-4-5-10-14-26(30)31/h7-9,12-13,15-18,21H,2-6,10-11,14,19-20H2,1H3,(H,30,31). The topological polar surface area (TPSA) is 73.6 Å². The molecule has 0 saturated heterocycles. The lowest BCUT2D eigenvalue weighted by atomic mass is 10.1. The number of hydrogen-bond acceptors (Lipinski definition) is 4. The number of imidazole rings is 1. The van der Waals surface area contributed by atoms with Crippen molar-refractivity contribution in [2.24, 2.45) is 0 Å². The van der Waals surface area contributed by atoms with Crippen molar-refractivity contribution in [1.82, 2.24) is 9.55 Å². The molecular formula is C27H34N2O4. The second kappa shape index (κ2) is 13.3.